The average Bonchev–Trinajstić information content (AvgIpc) is 2.00. The standard InChI is InChI=1S/C9H13FN2O/c1-7(3-6-11)12-8(13)9(10)4-2-5-9/h7H,2-5H2,1H3,(H,12,13). The molecule has 0 radical (unpaired) electrons. The molecule has 1 fully saturated rings. The van der Waals surface area contributed by atoms with Crippen LogP contribution in [0.3, 0.4) is 0 Å². The number of hydrogen-bond acceptors (Lipinski definition) is 2. The summed E-state index contributed by atoms with van der Waals surface area (Å²) in [6.07, 6.45) is 1.63. The number of carbonyl (C=O) groups excluding carboxylic acids is 1. The van der Waals surface area contributed by atoms with Gasteiger partial charge < -0.3 is 5.32 Å². The minimum absolute atomic E-state index is 0.224. The van der Waals surface area contributed by atoms with Crippen LogP contribution in [-0.2, 0) is 4.79 Å². The van der Waals surface area contributed by atoms with Crippen molar-refractivity contribution in [2.24, 2.45) is 0 Å². The van der Waals surface area contributed by atoms with Crippen molar-refractivity contribution in [3.05, 3.63) is 0 Å². The molecule has 4 heteroatoms. The van der Waals surface area contributed by atoms with Crippen LogP contribution in [0.2, 0.25) is 0 Å². The van der Waals surface area contributed by atoms with Crippen molar-refractivity contribution >= 4 is 5.91 Å². The fraction of sp³-hybridized carbons (Fsp3) is 0.778. The van der Waals surface area contributed by atoms with Crippen LogP contribution in [0.4, 0.5) is 4.39 Å². The first-order valence-electron chi connectivity index (χ1n) is 4.45. The molecule has 1 atom stereocenters. The highest BCUT2D eigenvalue weighted by Crippen LogP contribution is 2.35. The van der Waals surface area contributed by atoms with Gasteiger partial charge in [-0.2, -0.15) is 5.26 Å². The van der Waals surface area contributed by atoms with Crippen LogP contribution in [-0.4, -0.2) is 17.6 Å². The summed E-state index contributed by atoms with van der Waals surface area (Å²) in [6, 6.07) is 1.66. The van der Waals surface area contributed by atoms with E-state index in [4.69, 9.17) is 5.26 Å². The van der Waals surface area contributed by atoms with Crippen LogP contribution in [0.1, 0.15) is 32.6 Å². The van der Waals surface area contributed by atoms with Crippen LogP contribution in [0.5, 0.6) is 0 Å². The van der Waals surface area contributed by atoms with E-state index in [9.17, 15) is 9.18 Å². The predicted octanol–water partition coefficient (Wildman–Crippen LogP) is 1.30. The molecule has 0 saturated heterocycles. The third-order valence-electron chi connectivity index (χ3n) is 2.33. The summed E-state index contributed by atoms with van der Waals surface area (Å²) in [7, 11) is 0. The first kappa shape index (κ1) is 9.97. The quantitative estimate of drug-likeness (QED) is 0.718. The molecule has 1 amide bonds. The summed E-state index contributed by atoms with van der Waals surface area (Å²) in [6.45, 7) is 1.70. The Morgan fingerprint density at radius 3 is 2.77 bits per heavy atom. The normalized spacial score (nSPS) is 21.0. The summed E-state index contributed by atoms with van der Waals surface area (Å²) in [5, 5.41) is 10.8. The molecular formula is C9H13FN2O. The summed E-state index contributed by atoms with van der Waals surface area (Å²) < 4.78 is 13.4. The summed E-state index contributed by atoms with van der Waals surface area (Å²) in [5.74, 6) is -0.554. The van der Waals surface area contributed by atoms with Gasteiger partial charge in [-0.1, -0.05) is 0 Å². The molecule has 0 spiro atoms. The Bertz CT molecular complexity index is 242. The molecule has 1 saturated carbocycles. The number of nitrogens with zero attached hydrogens (tertiary/aromatic N) is 1. The number of carbonyl (C=O) groups is 1. The van der Waals surface area contributed by atoms with Crippen molar-refractivity contribution in [2.45, 2.75) is 44.3 Å². The molecule has 3 nitrogen and oxygen atoms in total. The van der Waals surface area contributed by atoms with Crippen LogP contribution < -0.4 is 5.32 Å². The largest absolute Gasteiger partial charge is 0.350 e. The highest BCUT2D eigenvalue weighted by molar-refractivity contribution is 5.86. The Kier molecular flexibility index (Phi) is 2.86. The molecule has 0 aromatic carbocycles. The fourth-order valence-electron chi connectivity index (χ4n) is 1.26. The molecule has 1 rings (SSSR count). The molecule has 72 valence electrons. The lowest BCUT2D eigenvalue weighted by atomic mass is 9.81. The minimum atomic E-state index is -1.65. The summed E-state index contributed by atoms with van der Waals surface area (Å²) in [5.41, 5.74) is -1.65. The number of nitrogens with one attached hydrogen (secondary N) is 1. The molecule has 1 aliphatic carbocycles. The topological polar surface area (TPSA) is 52.9 Å². The van der Waals surface area contributed by atoms with Crippen molar-refractivity contribution in [2.75, 3.05) is 0 Å². The third-order valence-corrected chi connectivity index (χ3v) is 2.33. The van der Waals surface area contributed by atoms with E-state index in [0.717, 1.165) is 6.42 Å². The maximum atomic E-state index is 13.4. The fourth-order valence-corrected chi connectivity index (χ4v) is 1.26. The summed E-state index contributed by atoms with van der Waals surface area (Å²) >= 11 is 0. The summed E-state index contributed by atoms with van der Waals surface area (Å²) in [4.78, 5) is 11.2. The monoisotopic (exact) mass is 184 g/mol. The Hall–Kier alpha value is -1.11. The van der Waals surface area contributed by atoms with E-state index in [2.05, 4.69) is 5.32 Å². The van der Waals surface area contributed by atoms with Gasteiger partial charge in [-0.25, -0.2) is 4.39 Å². The Morgan fingerprint density at radius 1 is 1.77 bits per heavy atom. The highest BCUT2D eigenvalue weighted by Gasteiger charge is 2.44. The molecule has 0 heterocycles. The van der Waals surface area contributed by atoms with E-state index < -0.39 is 11.6 Å². The van der Waals surface area contributed by atoms with E-state index >= 15 is 0 Å². The second kappa shape index (κ2) is 3.73. The maximum Gasteiger partial charge on any atom is 0.257 e. The van der Waals surface area contributed by atoms with Gasteiger partial charge in [0.05, 0.1) is 12.5 Å². The highest BCUT2D eigenvalue weighted by atomic mass is 19.1. The van der Waals surface area contributed by atoms with Gasteiger partial charge in [0.15, 0.2) is 5.67 Å². The third kappa shape index (κ3) is 2.18. The Balaban J connectivity index is 2.37. The molecule has 1 N–H and O–H groups in total. The zero-order valence-electron chi connectivity index (χ0n) is 7.64. The van der Waals surface area contributed by atoms with Gasteiger partial charge in [-0.05, 0) is 26.2 Å². The van der Waals surface area contributed by atoms with Crippen LogP contribution in [0.25, 0.3) is 0 Å². The van der Waals surface area contributed by atoms with Gasteiger partial charge in [0, 0.05) is 6.04 Å². The van der Waals surface area contributed by atoms with Gasteiger partial charge in [-0.3, -0.25) is 4.79 Å². The first-order valence-corrected chi connectivity index (χ1v) is 4.45. The molecule has 0 aliphatic heterocycles. The van der Waals surface area contributed by atoms with Gasteiger partial charge in [0.1, 0.15) is 0 Å². The molecule has 0 aromatic rings. The Morgan fingerprint density at radius 2 is 2.38 bits per heavy atom. The van der Waals surface area contributed by atoms with Gasteiger partial charge in [0.2, 0.25) is 0 Å². The molecule has 13 heavy (non-hydrogen) atoms. The molecule has 1 unspecified atom stereocenters. The van der Waals surface area contributed by atoms with E-state index in [1.54, 1.807) is 6.92 Å². The lowest BCUT2D eigenvalue weighted by Gasteiger charge is -2.32. The Labute approximate surface area is 76.9 Å². The maximum absolute atomic E-state index is 13.4. The minimum Gasteiger partial charge on any atom is -0.350 e. The van der Waals surface area contributed by atoms with E-state index in [1.165, 1.54) is 0 Å². The van der Waals surface area contributed by atoms with Crippen LogP contribution >= 0.6 is 0 Å². The van der Waals surface area contributed by atoms with E-state index in [-0.39, 0.29) is 12.5 Å². The number of amides is 1. The van der Waals surface area contributed by atoms with E-state index in [0.29, 0.717) is 12.8 Å². The lowest BCUT2D eigenvalue weighted by molar-refractivity contribution is -0.139. The SMILES string of the molecule is CC(CC#N)NC(=O)C1(F)CCC1. The number of hydrogen-bond donors (Lipinski definition) is 1. The molecular weight excluding hydrogens is 171 g/mol. The molecule has 0 bridgehead atoms. The van der Waals surface area contributed by atoms with Crippen molar-refractivity contribution in [1.82, 2.24) is 5.32 Å². The molecule has 0 aromatic heterocycles. The number of rotatable bonds is 3. The number of halogens is 1. The van der Waals surface area contributed by atoms with Gasteiger partial charge in [0.25, 0.3) is 5.91 Å². The van der Waals surface area contributed by atoms with Crippen molar-refractivity contribution in [1.29, 1.82) is 5.26 Å². The van der Waals surface area contributed by atoms with Crippen LogP contribution in [0.15, 0.2) is 0 Å². The van der Waals surface area contributed by atoms with Crippen molar-refractivity contribution in [3.8, 4) is 6.07 Å². The molecule has 1 aliphatic rings. The predicted molar refractivity (Wildman–Crippen MR) is 45.5 cm³/mol. The smallest absolute Gasteiger partial charge is 0.257 e. The van der Waals surface area contributed by atoms with Gasteiger partial charge in [-0.15, -0.1) is 0 Å². The van der Waals surface area contributed by atoms with Crippen molar-refractivity contribution < 1.29 is 9.18 Å². The zero-order chi connectivity index (χ0) is 9.90. The van der Waals surface area contributed by atoms with Crippen molar-refractivity contribution in [3.63, 3.8) is 0 Å². The average molecular weight is 184 g/mol. The van der Waals surface area contributed by atoms with Gasteiger partial charge >= 0.3 is 0 Å². The number of nitriles is 1. The lowest BCUT2D eigenvalue weighted by Crippen LogP contribution is -2.50. The van der Waals surface area contributed by atoms with E-state index in [1.807, 2.05) is 6.07 Å². The zero-order valence-corrected chi connectivity index (χ0v) is 7.64. The second-order valence-electron chi connectivity index (χ2n) is 3.56. The number of alkyl halides is 1. The first-order chi connectivity index (χ1) is 6.08. The van der Waals surface area contributed by atoms with Crippen LogP contribution in [0, 0.1) is 11.3 Å². The second-order valence-corrected chi connectivity index (χ2v) is 3.56.